The molecule has 1 atom stereocenters. The molecule has 0 radical (unpaired) electrons. The Hall–Kier alpha value is -1.05. The van der Waals surface area contributed by atoms with E-state index in [0.717, 1.165) is 0 Å². The summed E-state index contributed by atoms with van der Waals surface area (Å²) in [4.78, 5) is 10.4. The van der Waals surface area contributed by atoms with Gasteiger partial charge in [-0.15, -0.1) is 6.42 Å². The summed E-state index contributed by atoms with van der Waals surface area (Å²) >= 11 is 0. The van der Waals surface area contributed by atoms with Crippen LogP contribution in [0.15, 0.2) is 0 Å². The van der Waals surface area contributed by atoms with Crippen molar-refractivity contribution in [2.75, 3.05) is 6.54 Å². The van der Waals surface area contributed by atoms with Crippen molar-refractivity contribution >= 4 is 5.97 Å². The predicted octanol–water partition coefficient (Wildman–Crippen LogP) is -0.859. The molecule has 0 unspecified atom stereocenters. The highest BCUT2D eigenvalue weighted by Gasteiger charge is 2.30. The average molecular weight is 156 g/mol. The Balaban J connectivity index is 4.14. The topological polar surface area (TPSA) is 89.3 Å². The highest BCUT2D eigenvalue weighted by atomic mass is 16.4. The van der Waals surface area contributed by atoms with Gasteiger partial charge in [-0.2, -0.15) is 0 Å². The molecule has 4 heteroatoms. The van der Waals surface area contributed by atoms with Crippen LogP contribution in [0.25, 0.3) is 0 Å². The maximum absolute atomic E-state index is 10.4. The largest absolute Gasteiger partial charge is 0.479 e. The zero-order valence-electron chi connectivity index (χ0n) is 6.21. The molecule has 4 nitrogen and oxygen atoms in total. The van der Waals surface area contributed by atoms with Crippen LogP contribution in [0.4, 0.5) is 0 Å². The van der Waals surface area contributed by atoms with Crippen molar-refractivity contribution in [1.82, 2.24) is 0 Å². The van der Waals surface area contributed by atoms with Crippen molar-refractivity contribution in [3.63, 3.8) is 0 Å². The van der Waals surface area contributed by atoms with Crippen molar-refractivity contribution in [3.8, 4) is 12.3 Å². The van der Waals surface area contributed by atoms with Gasteiger partial charge in [-0.3, -0.25) is 0 Å². The molecule has 0 saturated heterocycles. The first-order valence-electron chi connectivity index (χ1n) is 3.27. The first-order chi connectivity index (χ1) is 5.06. The first-order valence-corrected chi connectivity index (χ1v) is 3.27. The summed E-state index contributed by atoms with van der Waals surface area (Å²) in [5.41, 5.74) is 8.97. The summed E-state index contributed by atoms with van der Waals surface area (Å²) in [6.45, 7) is 0.397. The minimum atomic E-state index is -1.54. The Morgan fingerprint density at radius 3 is 2.55 bits per heavy atom. The molecule has 11 heavy (non-hydrogen) atoms. The molecule has 0 aliphatic rings. The van der Waals surface area contributed by atoms with Gasteiger partial charge in [0.25, 0.3) is 0 Å². The molecule has 0 aromatic rings. The van der Waals surface area contributed by atoms with E-state index in [1.54, 1.807) is 0 Å². The van der Waals surface area contributed by atoms with Crippen LogP contribution < -0.4 is 11.5 Å². The highest BCUT2D eigenvalue weighted by molar-refractivity contribution is 5.82. The van der Waals surface area contributed by atoms with E-state index in [2.05, 4.69) is 0 Å². The second-order valence-corrected chi connectivity index (χ2v) is 2.31. The number of hydrogen-bond donors (Lipinski definition) is 3. The first kappa shape index (κ1) is 9.95. The maximum atomic E-state index is 10.4. The van der Waals surface area contributed by atoms with E-state index in [1.807, 2.05) is 5.92 Å². The van der Waals surface area contributed by atoms with Gasteiger partial charge < -0.3 is 16.6 Å². The van der Waals surface area contributed by atoms with Crippen LogP contribution in [0, 0.1) is 12.3 Å². The van der Waals surface area contributed by atoms with E-state index in [9.17, 15) is 4.79 Å². The summed E-state index contributed by atoms with van der Waals surface area (Å²) in [5, 5.41) is 8.55. The van der Waals surface area contributed by atoms with E-state index in [1.165, 1.54) is 0 Å². The summed E-state index contributed by atoms with van der Waals surface area (Å²) in [6, 6.07) is 0. The van der Waals surface area contributed by atoms with Crippen LogP contribution in [-0.4, -0.2) is 23.2 Å². The Kier molecular flexibility index (Phi) is 3.58. The number of carboxylic acid groups (broad SMARTS) is 1. The minimum absolute atomic E-state index is 0.218. The van der Waals surface area contributed by atoms with Crippen LogP contribution in [0.5, 0.6) is 0 Å². The second kappa shape index (κ2) is 3.96. The van der Waals surface area contributed by atoms with Gasteiger partial charge in [0, 0.05) is 0 Å². The summed E-state index contributed by atoms with van der Waals surface area (Å²) in [5.74, 6) is 0.863. The molecule has 5 N–H and O–H groups in total. The van der Waals surface area contributed by atoms with Gasteiger partial charge in [-0.1, -0.05) is 5.92 Å². The van der Waals surface area contributed by atoms with Crippen molar-refractivity contribution < 1.29 is 9.90 Å². The third-order valence-corrected chi connectivity index (χ3v) is 1.41. The van der Waals surface area contributed by atoms with Gasteiger partial charge in [0.05, 0.1) is 0 Å². The number of carbonyl (C=O) groups is 1. The van der Waals surface area contributed by atoms with E-state index in [4.69, 9.17) is 23.0 Å². The Bertz CT molecular complexity index is 185. The monoisotopic (exact) mass is 156 g/mol. The van der Waals surface area contributed by atoms with Gasteiger partial charge in [-0.05, 0) is 19.4 Å². The van der Waals surface area contributed by atoms with Crippen molar-refractivity contribution in [2.24, 2.45) is 11.5 Å². The minimum Gasteiger partial charge on any atom is -0.479 e. The molecule has 0 aromatic heterocycles. The molecule has 0 aliphatic carbocycles. The van der Waals surface area contributed by atoms with Gasteiger partial charge in [0.15, 0.2) is 5.54 Å². The second-order valence-electron chi connectivity index (χ2n) is 2.31. The summed E-state index contributed by atoms with van der Waals surface area (Å²) in [7, 11) is 0. The molecule has 0 amide bonds. The predicted molar refractivity (Wildman–Crippen MR) is 41.7 cm³/mol. The molecule has 0 aliphatic heterocycles. The third-order valence-electron chi connectivity index (χ3n) is 1.41. The summed E-state index contributed by atoms with van der Waals surface area (Å²) in [6.07, 6.45) is 5.69. The fourth-order valence-electron chi connectivity index (χ4n) is 0.622. The molecule has 0 fully saturated rings. The lowest BCUT2D eigenvalue weighted by Crippen LogP contribution is -2.46. The molecular weight excluding hydrogens is 144 g/mol. The lowest BCUT2D eigenvalue weighted by Gasteiger charge is -2.16. The fourth-order valence-corrected chi connectivity index (χ4v) is 0.622. The number of rotatable bonds is 4. The lowest BCUT2D eigenvalue weighted by atomic mass is 9.96. The Morgan fingerprint density at radius 1 is 1.73 bits per heavy atom. The molecule has 0 rings (SSSR count). The van der Waals surface area contributed by atoms with Gasteiger partial charge in [-0.25, -0.2) is 4.79 Å². The fraction of sp³-hybridized carbons (Fsp3) is 0.571. The molecule has 0 aromatic carbocycles. The van der Waals surface area contributed by atoms with Gasteiger partial charge in [0.2, 0.25) is 0 Å². The molecule has 0 spiro atoms. The Labute approximate surface area is 65.6 Å². The van der Waals surface area contributed by atoms with Crippen LogP contribution in [0.2, 0.25) is 0 Å². The molecule has 0 heterocycles. The van der Waals surface area contributed by atoms with E-state index in [0.29, 0.717) is 13.0 Å². The number of terminal acetylenes is 1. The van der Waals surface area contributed by atoms with E-state index in [-0.39, 0.29) is 6.42 Å². The number of nitrogens with two attached hydrogens (primary N) is 2. The molecule has 62 valence electrons. The van der Waals surface area contributed by atoms with Crippen LogP contribution in [0.1, 0.15) is 12.8 Å². The zero-order valence-corrected chi connectivity index (χ0v) is 6.21. The zero-order chi connectivity index (χ0) is 8.91. The van der Waals surface area contributed by atoms with Gasteiger partial charge >= 0.3 is 5.97 Å². The average Bonchev–Trinajstić information content (AvgIpc) is 2.00. The maximum Gasteiger partial charge on any atom is 0.336 e. The lowest BCUT2D eigenvalue weighted by molar-refractivity contribution is -0.141. The quantitative estimate of drug-likeness (QED) is 0.462. The van der Waals surface area contributed by atoms with Crippen molar-refractivity contribution in [1.29, 1.82) is 0 Å². The summed E-state index contributed by atoms with van der Waals surface area (Å²) < 4.78 is 0. The van der Waals surface area contributed by atoms with Gasteiger partial charge in [0.1, 0.15) is 0 Å². The highest BCUT2D eigenvalue weighted by Crippen LogP contribution is 2.07. The SMILES string of the molecule is C#C[C@](N)(CCCN)C(=O)O. The molecule has 0 saturated carbocycles. The standard InChI is InChI=1S/C7H12N2O2/c1-2-7(9,6(10)11)4-3-5-8/h1H,3-5,8-9H2,(H,10,11)/t7-/m0/s1. The van der Waals surface area contributed by atoms with E-state index >= 15 is 0 Å². The Morgan fingerprint density at radius 2 is 2.27 bits per heavy atom. The molecule has 0 bridgehead atoms. The number of aliphatic carboxylic acids is 1. The number of hydrogen-bond acceptors (Lipinski definition) is 3. The number of carboxylic acids is 1. The van der Waals surface area contributed by atoms with Crippen LogP contribution in [-0.2, 0) is 4.79 Å². The van der Waals surface area contributed by atoms with Crippen molar-refractivity contribution in [2.45, 2.75) is 18.4 Å². The smallest absolute Gasteiger partial charge is 0.336 e. The van der Waals surface area contributed by atoms with Crippen LogP contribution in [0.3, 0.4) is 0 Å². The normalized spacial score (nSPS) is 15.0. The molecular formula is C7H12N2O2. The van der Waals surface area contributed by atoms with E-state index < -0.39 is 11.5 Å². The van der Waals surface area contributed by atoms with Crippen molar-refractivity contribution in [3.05, 3.63) is 0 Å². The van der Waals surface area contributed by atoms with Crippen LogP contribution >= 0.6 is 0 Å². The third kappa shape index (κ3) is 2.58.